The third kappa shape index (κ3) is 2.75. The van der Waals surface area contributed by atoms with Crippen LogP contribution in [0.2, 0.25) is 0 Å². The molecule has 4 atom stereocenters. The average Bonchev–Trinajstić information content (AvgIpc) is 2.42. The van der Waals surface area contributed by atoms with Gasteiger partial charge in [-0.2, -0.15) is 0 Å². The van der Waals surface area contributed by atoms with E-state index >= 15 is 0 Å². The van der Waals surface area contributed by atoms with Crippen LogP contribution in [0.25, 0.3) is 0 Å². The van der Waals surface area contributed by atoms with Gasteiger partial charge in [0.25, 0.3) is 0 Å². The Kier molecular flexibility index (Phi) is 3.83. The Bertz CT molecular complexity index is 478. The molecule has 2 fully saturated rings. The normalized spacial score (nSPS) is 38.0. The van der Waals surface area contributed by atoms with Crippen LogP contribution in [-0.4, -0.2) is 18.2 Å². The van der Waals surface area contributed by atoms with E-state index < -0.39 is 0 Å². The van der Waals surface area contributed by atoms with Gasteiger partial charge in [-0.3, -0.25) is 0 Å². The summed E-state index contributed by atoms with van der Waals surface area (Å²) in [6.45, 7) is 5.35. The largest absolute Gasteiger partial charge is 0.364 e. The Morgan fingerprint density at radius 1 is 1.35 bits per heavy atom. The molecule has 3 rings (SSSR count). The highest BCUT2D eigenvalue weighted by atomic mass is 19.1. The minimum absolute atomic E-state index is 0.0512. The van der Waals surface area contributed by atoms with E-state index in [-0.39, 0.29) is 23.6 Å². The lowest BCUT2D eigenvalue weighted by Gasteiger charge is -2.48. The Labute approximate surface area is 120 Å². The molecule has 1 aliphatic carbocycles. The number of hydrogen-bond donors (Lipinski definition) is 1. The standard InChI is InChI=1S/C17H24FNO/c1-12-5-4-8-17(10-12)11-19-13(2)16(20-17)14-6-3-7-15(18)9-14/h3,6-7,9,12-13,16,19H,4-5,8,10-11H2,1-2H3. The van der Waals surface area contributed by atoms with Crippen LogP contribution in [0, 0.1) is 11.7 Å². The topological polar surface area (TPSA) is 21.3 Å². The molecule has 2 aliphatic rings. The van der Waals surface area contributed by atoms with Crippen molar-refractivity contribution in [3.63, 3.8) is 0 Å². The second kappa shape index (κ2) is 5.45. The third-order valence-corrected chi connectivity index (χ3v) is 4.80. The predicted octanol–water partition coefficient (Wildman–Crippen LogP) is 3.82. The second-order valence-corrected chi connectivity index (χ2v) is 6.65. The Balaban J connectivity index is 1.83. The van der Waals surface area contributed by atoms with Crippen molar-refractivity contribution in [1.82, 2.24) is 5.32 Å². The zero-order valence-corrected chi connectivity index (χ0v) is 12.4. The van der Waals surface area contributed by atoms with Crippen molar-refractivity contribution in [2.75, 3.05) is 6.54 Å². The first-order chi connectivity index (χ1) is 9.58. The average molecular weight is 277 g/mol. The molecule has 20 heavy (non-hydrogen) atoms. The van der Waals surface area contributed by atoms with Crippen molar-refractivity contribution in [3.05, 3.63) is 35.6 Å². The van der Waals surface area contributed by atoms with Crippen molar-refractivity contribution in [3.8, 4) is 0 Å². The first-order valence-electron chi connectivity index (χ1n) is 7.75. The fourth-order valence-electron chi connectivity index (χ4n) is 3.79. The molecule has 0 amide bonds. The number of rotatable bonds is 1. The molecule has 1 spiro atoms. The van der Waals surface area contributed by atoms with Crippen LogP contribution in [0.1, 0.15) is 51.2 Å². The van der Waals surface area contributed by atoms with E-state index in [1.54, 1.807) is 12.1 Å². The summed E-state index contributed by atoms with van der Waals surface area (Å²) in [4.78, 5) is 0. The summed E-state index contributed by atoms with van der Waals surface area (Å²) in [7, 11) is 0. The summed E-state index contributed by atoms with van der Waals surface area (Å²) >= 11 is 0. The first kappa shape index (κ1) is 14.0. The van der Waals surface area contributed by atoms with Gasteiger partial charge in [-0.05, 0) is 43.4 Å². The molecule has 2 nitrogen and oxygen atoms in total. The molecule has 4 unspecified atom stereocenters. The molecule has 1 N–H and O–H groups in total. The lowest BCUT2D eigenvalue weighted by atomic mass is 9.77. The molecule has 1 saturated heterocycles. The van der Waals surface area contributed by atoms with Gasteiger partial charge in [-0.25, -0.2) is 4.39 Å². The smallest absolute Gasteiger partial charge is 0.123 e. The van der Waals surface area contributed by atoms with Crippen molar-refractivity contribution < 1.29 is 9.13 Å². The highest BCUT2D eigenvalue weighted by Crippen LogP contribution is 2.41. The van der Waals surface area contributed by atoms with Gasteiger partial charge in [0.05, 0.1) is 11.7 Å². The van der Waals surface area contributed by atoms with Gasteiger partial charge in [-0.15, -0.1) is 0 Å². The van der Waals surface area contributed by atoms with Crippen LogP contribution >= 0.6 is 0 Å². The maximum Gasteiger partial charge on any atom is 0.123 e. The quantitative estimate of drug-likeness (QED) is 0.842. The van der Waals surface area contributed by atoms with E-state index in [9.17, 15) is 4.39 Å². The van der Waals surface area contributed by atoms with E-state index in [4.69, 9.17) is 4.74 Å². The Morgan fingerprint density at radius 2 is 2.20 bits per heavy atom. The molecule has 1 aliphatic heterocycles. The zero-order valence-electron chi connectivity index (χ0n) is 12.4. The molecule has 0 radical (unpaired) electrons. The summed E-state index contributed by atoms with van der Waals surface area (Å²) in [6.07, 6.45) is 4.70. The molecule has 0 bridgehead atoms. The molecule has 1 heterocycles. The zero-order chi connectivity index (χ0) is 14.2. The van der Waals surface area contributed by atoms with Gasteiger partial charge in [0, 0.05) is 12.6 Å². The predicted molar refractivity (Wildman–Crippen MR) is 78.1 cm³/mol. The van der Waals surface area contributed by atoms with Crippen molar-refractivity contribution in [2.24, 2.45) is 5.92 Å². The maximum atomic E-state index is 13.5. The minimum atomic E-state index is -0.185. The van der Waals surface area contributed by atoms with Crippen LogP contribution in [0.15, 0.2) is 24.3 Å². The summed E-state index contributed by atoms with van der Waals surface area (Å²) < 4.78 is 20.0. The van der Waals surface area contributed by atoms with Crippen molar-refractivity contribution >= 4 is 0 Å². The van der Waals surface area contributed by atoms with Gasteiger partial charge < -0.3 is 10.1 Å². The van der Waals surface area contributed by atoms with Crippen molar-refractivity contribution in [1.29, 1.82) is 0 Å². The fourth-order valence-corrected chi connectivity index (χ4v) is 3.79. The van der Waals surface area contributed by atoms with Crippen LogP contribution in [0.3, 0.4) is 0 Å². The Hall–Kier alpha value is -0.930. The molecule has 0 aromatic heterocycles. The number of nitrogens with one attached hydrogen (secondary N) is 1. The van der Waals surface area contributed by atoms with E-state index in [0.717, 1.165) is 24.9 Å². The monoisotopic (exact) mass is 277 g/mol. The number of morpholine rings is 1. The van der Waals surface area contributed by atoms with Gasteiger partial charge in [-0.1, -0.05) is 31.9 Å². The number of ether oxygens (including phenoxy) is 1. The van der Waals surface area contributed by atoms with E-state index in [2.05, 4.69) is 19.2 Å². The van der Waals surface area contributed by atoms with Gasteiger partial charge in [0.2, 0.25) is 0 Å². The fraction of sp³-hybridized carbons (Fsp3) is 0.647. The maximum absolute atomic E-state index is 13.5. The summed E-state index contributed by atoms with van der Waals surface area (Å²) in [5.74, 6) is 0.530. The Morgan fingerprint density at radius 3 is 2.95 bits per heavy atom. The highest BCUT2D eigenvalue weighted by molar-refractivity contribution is 5.21. The summed E-state index contributed by atoms with van der Waals surface area (Å²) in [5, 5.41) is 3.58. The molecule has 1 saturated carbocycles. The van der Waals surface area contributed by atoms with Gasteiger partial charge in [0.1, 0.15) is 5.82 Å². The van der Waals surface area contributed by atoms with E-state index in [0.29, 0.717) is 5.92 Å². The van der Waals surface area contributed by atoms with Gasteiger partial charge >= 0.3 is 0 Å². The third-order valence-electron chi connectivity index (χ3n) is 4.80. The second-order valence-electron chi connectivity index (χ2n) is 6.65. The SMILES string of the molecule is CC1CCCC2(CNC(C)C(c3cccc(F)c3)O2)C1. The lowest BCUT2D eigenvalue weighted by molar-refractivity contribution is -0.158. The van der Waals surface area contributed by atoms with Crippen LogP contribution < -0.4 is 5.32 Å². The molecule has 1 aromatic carbocycles. The molecular weight excluding hydrogens is 253 g/mol. The molecule has 3 heteroatoms. The highest BCUT2D eigenvalue weighted by Gasteiger charge is 2.43. The first-order valence-corrected chi connectivity index (χ1v) is 7.75. The number of halogens is 1. The molecule has 1 aromatic rings. The minimum Gasteiger partial charge on any atom is -0.364 e. The van der Waals surface area contributed by atoms with Crippen LogP contribution in [-0.2, 0) is 4.74 Å². The van der Waals surface area contributed by atoms with E-state index in [1.807, 2.05) is 6.07 Å². The lowest BCUT2D eigenvalue weighted by Crippen LogP contribution is -2.56. The van der Waals surface area contributed by atoms with E-state index in [1.165, 1.54) is 18.9 Å². The van der Waals surface area contributed by atoms with Crippen LogP contribution in [0.4, 0.5) is 4.39 Å². The number of benzene rings is 1. The van der Waals surface area contributed by atoms with Crippen LogP contribution in [0.5, 0.6) is 0 Å². The van der Waals surface area contributed by atoms with Gasteiger partial charge in [0.15, 0.2) is 0 Å². The van der Waals surface area contributed by atoms with Crippen molar-refractivity contribution in [2.45, 2.75) is 57.3 Å². The summed E-state index contributed by atoms with van der Waals surface area (Å²) in [6, 6.07) is 7.05. The molecule has 110 valence electrons. The number of hydrogen-bond acceptors (Lipinski definition) is 2. The molecular formula is C17H24FNO. The summed E-state index contributed by atoms with van der Waals surface area (Å²) in [5.41, 5.74) is 0.892.